The zero-order valence-corrected chi connectivity index (χ0v) is 14.5. The molecule has 0 atom stereocenters. The summed E-state index contributed by atoms with van der Waals surface area (Å²) >= 11 is 0. The van der Waals surface area contributed by atoms with Crippen LogP contribution in [0.25, 0.3) is 6.08 Å². The molecule has 1 aliphatic rings. The largest absolute Gasteiger partial charge is 0.387 e. The third-order valence-corrected chi connectivity index (χ3v) is 3.99. The van der Waals surface area contributed by atoms with E-state index in [9.17, 15) is 9.59 Å². The smallest absolute Gasteiger partial charge is 0.255 e. The molecule has 6 heteroatoms. The van der Waals surface area contributed by atoms with Crippen LogP contribution >= 0.6 is 0 Å². The topological polar surface area (TPSA) is 96.6 Å². The van der Waals surface area contributed by atoms with Crippen LogP contribution in [0.1, 0.15) is 34.8 Å². The van der Waals surface area contributed by atoms with E-state index in [4.69, 9.17) is 5.73 Å². The van der Waals surface area contributed by atoms with Crippen LogP contribution in [0.2, 0.25) is 0 Å². The molecule has 0 saturated carbocycles. The molecule has 1 heterocycles. The van der Waals surface area contributed by atoms with E-state index < -0.39 is 0 Å². The van der Waals surface area contributed by atoms with Crippen molar-refractivity contribution in [3.63, 3.8) is 0 Å². The van der Waals surface area contributed by atoms with Crippen LogP contribution in [0.3, 0.4) is 0 Å². The number of benzene rings is 2. The highest BCUT2D eigenvalue weighted by molar-refractivity contribution is 6.05. The molecule has 0 spiro atoms. The third kappa shape index (κ3) is 4.16. The molecule has 0 fully saturated rings. The number of hydrogen-bond donors (Lipinski definition) is 3. The van der Waals surface area contributed by atoms with Crippen molar-refractivity contribution in [2.75, 3.05) is 5.32 Å². The number of amidine groups is 1. The molecule has 4 N–H and O–H groups in total. The third-order valence-electron chi connectivity index (χ3n) is 3.99. The second-order valence-corrected chi connectivity index (χ2v) is 6.20. The van der Waals surface area contributed by atoms with Gasteiger partial charge in [-0.3, -0.25) is 9.59 Å². The summed E-state index contributed by atoms with van der Waals surface area (Å²) in [5, 5.41) is 5.47. The molecular weight excluding hydrogens is 328 g/mol. The second kappa shape index (κ2) is 7.65. The van der Waals surface area contributed by atoms with Crippen LogP contribution in [0.5, 0.6) is 0 Å². The van der Waals surface area contributed by atoms with Gasteiger partial charge >= 0.3 is 0 Å². The fourth-order valence-corrected chi connectivity index (χ4v) is 2.82. The molecule has 3 rings (SSSR count). The van der Waals surface area contributed by atoms with Gasteiger partial charge in [-0.1, -0.05) is 29.8 Å². The molecule has 1 aliphatic heterocycles. The summed E-state index contributed by atoms with van der Waals surface area (Å²) in [6.07, 6.45) is 3.30. The van der Waals surface area contributed by atoms with Gasteiger partial charge in [-0.2, -0.15) is 0 Å². The van der Waals surface area contributed by atoms with Crippen molar-refractivity contribution in [2.45, 2.75) is 19.9 Å². The van der Waals surface area contributed by atoms with Gasteiger partial charge in [0.2, 0.25) is 6.41 Å². The maximum absolute atomic E-state index is 12.6. The Bertz CT molecular complexity index is 916. The van der Waals surface area contributed by atoms with Gasteiger partial charge in [0.1, 0.15) is 5.84 Å². The molecule has 0 unspecified atom stereocenters. The Morgan fingerprint density at radius 2 is 2.12 bits per heavy atom. The number of nitrogens with two attached hydrogens (primary N) is 1. The molecule has 0 saturated heterocycles. The molecule has 0 bridgehead atoms. The summed E-state index contributed by atoms with van der Waals surface area (Å²) in [5.41, 5.74) is 10.8. The van der Waals surface area contributed by atoms with Crippen LogP contribution in [0.15, 0.2) is 53.0 Å². The first-order valence-corrected chi connectivity index (χ1v) is 8.27. The number of anilines is 1. The first kappa shape index (κ1) is 17.4. The number of nitrogens with zero attached hydrogens (tertiary/aromatic N) is 1. The molecule has 2 aromatic rings. The number of aliphatic imine (C=N–C) groups is 1. The minimum Gasteiger partial charge on any atom is -0.387 e. The highest BCUT2D eigenvalue weighted by atomic mass is 16.1. The maximum Gasteiger partial charge on any atom is 0.255 e. The lowest BCUT2D eigenvalue weighted by Crippen LogP contribution is -2.13. The van der Waals surface area contributed by atoms with E-state index >= 15 is 0 Å². The summed E-state index contributed by atoms with van der Waals surface area (Å²) < 4.78 is 0. The van der Waals surface area contributed by atoms with Crippen LogP contribution in [0, 0.1) is 0 Å². The lowest BCUT2D eigenvalue weighted by Gasteiger charge is -2.09. The fourth-order valence-electron chi connectivity index (χ4n) is 2.82. The predicted octanol–water partition coefficient (Wildman–Crippen LogP) is 2.98. The quantitative estimate of drug-likeness (QED) is 0.725. The molecule has 6 nitrogen and oxygen atoms in total. The van der Waals surface area contributed by atoms with Gasteiger partial charge in [-0.15, -0.1) is 0 Å². The Hall–Kier alpha value is -3.41. The standard InChI is InChI=1S/C20H20N4O2/c1-13-7-15-5-6-16(10-18(15)24-19(21)8-13)20(26)23-17-4-2-3-14(9-17)11-22-12-25/h2-7,9-10,12H,8,11H2,1H3,(H2,21,24)(H,22,25)(H,23,26). The summed E-state index contributed by atoms with van der Waals surface area (Å²) in [5.74, 6) is 0.303. The van der Waals surface area contributed by atoms with E-state index in [1.807, 2.05) is 37.3 Å². The second-order valence-electron chi connectivity index (χ2n) is 6.20. The highest BCUT2D eigenvalue weighted by Crippen LogP contribution is 2.27. The van der Waals surface area contributed by atoms with Crippen molar-refractivity contribution in [3.05, 3.63) is 64.7 Å². The fraction of sp³-hybridized carbons (Fsp3) is 0.150. The maximum atomic E-state index is 12.6. The number of carbonyl (C=O) groups excluding carboxylic acids is 2. The van der Waals surface area contributed by atoms with Crippen molar-refractivity contribution in [2.24, 2.45) is 10.7 Å². The number of nitrogens with one attached hydrogen (secondary N) is 2. The normalized spacial score (nSPS) is 13.0. The molecule has 0 aliphatic carbocycles. The first-order valence-electron chi connectivity index (χ1n) is 8.27. The monoisotopic (exact) mass is 348 g/mol. The molecule has 26 heavy (non-hydrogen) atoms. The van der Waals surface area contributed by atoms with Gasteiger partial charge in [0.25, 0.3) is 5.91 Å². The Kier molecular flexibility index (Phi) is 5.12. The number of rotatable bonds is 5. The van der Waals surface area contributed by atoms with E-state index in [1.165, 1.54) is 0 Å². The molecule has 2 amide bonds. The van der Waals surface area contributed by atoms with Gasteiger partial charge in [0, 0.05) is 29.8 Å². The molecule has 132 valence electrons. The van der Waals surface area contributed by atoms with E-state index in [1.54, 1.807) is 18.2 Å². The van der Waals surface area contributed by atoms with Crippen LogP contribution in [0.4, 0.5) is 11.4 Å². The number of amides is 2. The van der Waals surface area contributed by atoms with Gasteiger partial charge in [-0.25, -0.2) is 4.99 Å². The van der Waals surface area contributed by atoms with Crippen molar-refractivity contribution >= 4 is 35.6 Å². The van der Waals surface area contributed by atoms with Gasteiger partial charge in [-0.05, 0) is 36.8 Å². The van der Waals surface area contributed by atoms with Crippen LogP contribution in [-0.4, -0.2) is 18.2 Å². The average molecular weight is 348 g/mol. The lowest BCUT2D eigenvalue weighted by atomic mass is 10.1. The van der Waals surface area contributed by atoms with E-state index in [-0.39, 0.29) is 5.91 Å². The summed E-state index contributed by atoms with van der Waals surface area (Å²) in [7, 11) is 0. The zero-order valence-electron chi connectivity index (χ0n) is 14.5. The van der Waals surface area contributed by atoms with E-state index in [0.717, 1.165) is 16.7 Å². The van der Waals surface area contributed by atoms with Gasteiger partial charge < -0.3 is 16.4 Å². The lowest BCUT2D eigenvalue weighted by molar-refractivity contribution is -0.109. The van der Waals surface area contributed by atoms with Crippen molar-refractivity contribution in [1.82, 2.24) is 5.32 Å². The SMILES string of the molecule is CC1=Cc2ccc(C(=O)Nc3cccc(CNC=O)c3)cc2N=C(N)C1. The predicted molar refractivity (Wildman–Crippen MR) is 103 cm³/mol. The molecular formula is C20H20N4O2. The number of fused-ring (bicyclic) bond motifs is 1. The van der Waals surface area contributed by atoms with Crippen molar-refractivity contribution in [3.8, 4) is 0 Å². The van der Waals surface area contributed by atoms with Crippen molar-refractivity contribution in [1.29, 1.82) is 0 Å². The van der Waals surface area contributed by atoms with Crippen LogP contribution in [-0.2, 0) is 11.3 Å². The van der Waals surface area contributed by atoms with E-state index in [0.29, 0.717) is 42.1 Å². The van der Waals surface area contributed by atoms with Gasteiger partial charge in [0.05, 0.1) is 5.69 Å². The summed E-state index contributed by atoms with van der Waals surface area (Å²) in [6, 6.07) is 12.7. The molecule has 0 aromatic heterocycles. The Morgan fingerprint density at radius 3 is 2.92 bits per heavy atom. The number of hydrogen-bond acceptors (Lipinski definition) is 4. The number of carbonyl (C=O) groups is 2. The zero-order chi connectivity index (χ0) is 18.5. The minimum atomic E-state index is -0.230. The summed E-state index contributed by atoms with van der Waals surface area (Å²) in [6.45, 7) is 2.41. The van der Waals surface area contributed by atoms with Crippen molar-refractivity contribution < 1.29 is 9.59 Å². The minimum absolute atomic E-state index is 0.230. The highest BCUT2D eigenvalue weighted by Gasteiger charge is 2.12. The molecule has 0 radical (unpaired) electrons. The van der Waals surface area contributed by atoms with Gasteiger partial charge in [0.15, 0.2) is 0 Å². The Balaban J connectivity index is 1.81. The Morgan fingerprint density at radius 1 is 1.27 bits per heavy atom. The molecule has 2 aromatic carbocycles. The Labute approximate surface area is 151 Å². The average Bonchev–Trinajstić information content (AvgIpc) is 2.75. The van der Waals surface area contributed by atoms with E-state index in [2.05, 4.69) is 15.6 Å². The first-order chi connectivity index (χ1) is 12.5. The summed E-state index contributed by atoms with van der Waals surface area (Å²) in [4.78, 5) is 27.4. The van der Waals surface area contributed by atoms with Crippen LogP contribution < -0.4 is 16.4 Å².